The molecule has 2 aromatic carbocycles. The van der Waals surface area contributed by atoms with E-state index in [1.54, 1.807) is 0 Å². The molecular weight excluding hydrogens is 376 g/mol. The topological polar surface area (TPSA) is 76.7 Å². The Morgan fingerprint density at radius 2 is 1.72 bits per heavy atom. The zero-order valence-corrected chi connectivity index (χ0v) is 15.3. The van der Waals surface area contributed by atoms with Gasteiger partial charge in [0.25, 0.3) is 11.8 Å². The quantitative estimate of drug-likeness (QED) is 0.486. The summed E-state index contributed by atoms with van der Waals surface area (Å²) in [4.78, 5) is 8.65. The van der Waals surface area contributed by atoms with Gasteiger partial charge in [-0.15, -0.1) is 10.2 Å². The maximum atomic E-state index is 12.6. The molecule has 0 bridgehead atoms. The lowest BCUT2D eigenvalue weighted by molar-refractivity contribution is 0.116. The van der Waals surface area contributed by atoms with Gasteiger partial charge in [0.15, 0.2) is 0 Å². The molecule has 1 aliphatic rings. The summed E-state index contributed by atoms with van der Waals surface area (Å²) in [5, 5.41) is 12.8. The molecule has 6 nitrogen and oxygen atoms in total. The minimum Gasteiger partial charge on any atom is -0.415 e. The Labute approximate surface area is 165 Å². The highest BCUT2D eigenvalue weighted by atomic mass is 19.3. The number of benzene rings is 2. The fraction of sp³-hybridized carbons (Fsp3) is 0.238. The second-order valence-electron chi connectivity index (χ2n) is 7.07. The van der Waals surface area contributed by atoms with Gasteiger partial charge in [-0.25, -0.2) is 9.97 Å². The van der Waals surface area contributed by atoms with E-state index in [2.05, 4.69) is 55.8 Å². The highest BCUT2D eigenvalue weighted by molar-refractivity contribution is 5.86. The Kier molecular flexibility index (Phi) is 4.38. The van der Waals surface area contributed by atoms with Crippen molar-refractivity contribution in [2.75, 3.05) is 5.32 Å². The van der Waals surface area contributed by atoms with Gasteiger partial charge in [0, 0.05) is 12.4 Å². The van der Waals surface area contributed by atoms with E-state index >= 15 is 0 Å². The predicted octanol–water partition coefficient (Wildman–Crippen LogP) is 5.18. The van der Waals surface area contributed by atoms with Crippen LogP contribution >= 0.6 is 0 Å². The van der Waals surface area contributed by atoms with Crippen molar-refractivity contribution in [1.29, 1.82) is 0 Å². The lowest BCUT2D eigenvalue weighted by Gasteiger charge is -2.20. The molecule has 29 heavy (non-hydrogen) atoms. The first kappa shape index (κ1) is 17.7. The van der Waals surface area contributed by atoms with Crippen LogP contribution in [0.3, 0.4) is 0 Å². The van der Waals surface area contributed by atoms with E-state index in [9.17, 15) is 8.78 Å². The van der Waals surface area contributed by atoms with Gasteiger partial charge in [0.1, 0.15) is 0 Å². The number of alkyl halides is 2. The summed E-state index contributed by atoms with van der Waals surface area (Å²) in [5.41, 5.74) is 1.61. The Balaban J connectivity index is 1.41. The van der Waals surface area contributed by atoms with Crippen molar-refractivity contribution in [2.45, 2.75) is 25.3 Å². The monoisotopic (exact) mass is 393 g/mol. The minimum absolute atomic E-state index is 0.0281. The minimum atomic E-state index is -2.81. The van der Waals surface area contributed by atoms with Gasteiger partial charge in [-0.05, 0) is 35.1 Å². The van der Waals surface area contributed by atoms with Crippen molar-refractivity contribution in [3.05, 3.63) is 66.3 Å². The van der Waals surface area contributed by atoms with Crippen LogP contribution < -0.4 is 5.32 Å². The molecule has 1 unspecified atom stereocenters. The Bertz CT molecular complexity index is 1140. The number of halogens is 2. The maximum Gasteiger partial charge on any atom is 0.314 e. The first-order valence-corrected chi connectivity index (χ1v) is 9.37. The summed E-state index contributed by atoms with van der Waals surface area (Å²) in [6.45, 7) is 0. The molecule has 0 spiro atoms. The first-order chi connectivity index (χ1) is 14.2. The molecule has 146 valence electrons. The fourth-order valence-electron chi connectivity index (χ4n) is 3.49. The SMILES string of the molecule is FC(F)c1nnc(-c2cnc(NC(c3cccc4ccccc34)C3CC3)nc2)o1. The van der Waals surface area contributed by atoms with E-state index in [1.165, 1.54) is 28.7 Å². The van der Waals surface area contributed by atoms with Crippen LogP contribution in [0, 0.1) is 5.92 Å². The smallest absolute Gasteiger partial charge is 0.314 e. The van der Waals surface area contributed by atoms with E-state index in [0.29, 0.717) is 17.4 Å². The molecule has 2 heterocycles. The molecule has 5 rings (SSSR count). The second kappa shape index (κ2) is 7.20. The van der Waals surface area contributed by atoms with E-state index in [0.717, 1.165) is 12.8 Å². The Morgan fingerprint density at radius 3 is 2.45 bits per heavy atom. The second-order valence-corrected chi connectivity index (χ2v) is 7.07. The van der Waals surface area contributed by atoms with Crippen LogP contribution in [0.4, 0.5) is 14.7 Å². The van der Waals surface area contributed by atoms with Crippen LogP contribution in [0.2, 0.25) is 0 Å². The van der Waals surface area contributed by atoms with Crippen molar-refractivity contribution < 1.29 is 13.2 Å². The highest BCUT2D eigenvalue weighted by Gasteiger charge is 2.33. The van der Waals surface area contributed by atoms with Gasteiger partial charge in [0.2, 0.25) is 5.95 Å². The average molecular weight is 393 g/mol. The van der Waals surface area contributed by atoms with E-state index < -0.39 is 12.3 Å². The van der Waals surface area contributed by atoms with Crippen molar-refractivity contribution in [2.24, 2.45) is 5.92 Å². The highest BCUT2D eigenvalue weighted by Crippen LogP contribution is 2.44. The lowest BCUT2D eigenvalue weighted by atomic mass is 9.96. The molecular formula is C21H17F2N5O. The summed E-state index contributed by atoms with van der Waals surface area (Å²) in [6.07, 6.45) is 2.48. The van der Waals surface area contributed by atoms with Crippen molar-refractivity contribution in [3.8, 4) is 11.5 Å². The van der Waals surface area contributed by atoms with Gasteiger partial charge in [-0.3, -0.25) is 0 Å². The van der Waals surface area contributed by atoms with Crippen LogP contribution in [0.1, 0.15) is 36.8 Å². The van der Waals surface area contributed by atoms with Crippen molar-refractivity contribution in [3.63, 3.8) is 0 Å². The number of aromatic nitrogens is 4. The normalized spacial score (nSPS) is 15.0. The average Bonchev–Trinajstić information content (AvgIpc) is 3.47. The van der Waals surface area contributed by atoms with Crippen molar-refractivity contribution >= 4 is 16.7 Å². The van der Waals surface area contributed by atoms with Gasteiger partial charge in [0.05, 0.1) is 11.6 Å². The number of rotatable bonds is 6. The van der Waals surface area contributed by atoms with Crippen LogP contribution in [0.25, 0.3) is 22.2 Å². The number of anilines is 1. The third-order valence-electron chi connectivity index (χ3n) is 5.06. The van der Waals surface area contributed by atoms with Gasteiger partial charge in [-0.1, -0.05) is 42.5 Å². The Morgan fingerprint density at radius 1 is 0.966 bits per heavy atom. The summed E-state index contributed by atoms with van der Waals surface area (Å²) in [7, 11) is 0. The van der Waals surface area contributed by atoms with Crippen molar-refractivity contribution in [1.82, 2.24) is 20.2 Å². The van der Waals surface area contributed by atoms with Crippen LogP contribution in [-0.4, -0.2) is 20.2 Å². The standard InChI is InChI=1S/C21H17F2N5O/c22-18(23)20-28-27-19(29-20)14-10-24-21(25-11-14)26-17(13-8-9-13)16-7-3-5-12-4-1-2-6-15(12)16/h1-7,10-11,13,17-18H,8-9H2,(H,24,25,26). The summed E-state index contributed by atoms with van der Waals surface area (Å²) in [5.74, 6) is 0.243. The molecule has 0 amide bonds. The molecule has 1 aliphatic carbocycles. The number of hydrogen-bond donors (Lipinski definition) is 1. The van der Waals surface area contributed by atoms with Gasteiger partial charge >= 0.3 is 6.43 Å². The molecule has 8 heteroatoms. The molecule has 1 N–H and O–H groups in total. The Hall–Kier alpha value is -3.42. The number of hydrogen-bond acceptors (Lipinski definition) is 6. The van der Waals surface area contributed by atoms with Crippen LogP contribution in [0.5, 0.6) is 0 Å². The molecule has 2 aromatic heterocycles. The molecule has 0 radical (unpaired) electrons. The number of nitrogens with zero attached hydrogens (tertiary/aromatic N) is 4. The summed E-state index contributed by atoms with van der Waals surface area (Å²) < 4.78 is 30.2. The van der Waals surface area contributed by atoms with E-state index in [4.69, 9.17) is 4.42 Å². The van der Waals surface area contributed by atoms with Gasteiger partial charge in [-0.2, -0.15) is 8.78 Å². The largest absolute Gasteiger partial charge is 0.415 e. The number of nitrogens with one attached hydrogen (secondary N) is 1. The molecule has 1 fully saturated rings. The van der Waals surface area contributed by atoms with Crippen LogP contribution in [-0.2, 0) is 0 Å². The molecule has 1 saturated carbocycles. The molecule has 0 aliphatic heterocycles. The maximum absolute atomic E-state index is 12.6. The summed E-state index contributed by atoms with van der Waals surface area (Å²) >= 11 is 0. The zero-order chi connectivity index (χ0) is 19.8. The summed E-state index contributed by atoms with van der Waals surface area (Å²) in [6, 6.07) is 14.7. The zero-order valence-electron chi connectivity index (χ0n) is 15.3. The van der Waals surface area contributed by atoms with E-state index in [1.807, 2.05) is 12.1 Å². The van der Waals surface area contributed by atoms with Crippen LogP contribution in [0.15, 0.2) is 59.3 Å². The lowest BCUT2D eigenvalue weighted by Crippen LogP contribution is -2.15. The third kappa shape index (κ3) is 3.53. The van der Waals surface area contributed by atoms with Gasteiger partial charge < -0.3 is 9.73 Å². The number of fused-ring (bicyclic) bond motifs is 1. The molecule has 4 aromatic rings. The van der Waals surface area contributed by atoms with E-state index in [-0.39, 0.29) is 11.9 Å². The molecule has 0 saturated heterocycles. The first-order valence-electron chi connectivity index (χ1n) is 9.37. The predicted molar refractivity (Wildman–Crippen MR) is 103 cm³/mol. The fourth-order valence-corrected chi connectivity index (χ4v) is 3.49. The molecule has 1 atom stereocenters. The third-order valence-corrected chi connectivity index (χ3v) is 5.06.